The Hall–Kier alpha value is -2.99. The van der Waals surface area contributed by atoms with E-state index in [9.17, 15) is 4.79 Å². The van der Waals surface area contributed by atoms with E-state index in [0.29, 0.717) is 6.54 Å². The van der Waals surface area contributed by atoms with Gasteiger partial charge in [-0.1, -0.05) is 42.1 Å². The van der Waals surface area contributed by atoms with Crippen LogP contribution in [0.2, 0.25) is 0 Å². The molecule has 0 saturated carbocycles. The van der Waals surface area contributed by atoms with Crippen LogP contribution in [0.4, 0.5) is 0 Å². The number of aromatic nitrogens is 2. The second kappa shape index (κ2) is 7.49. The van der Waals surface area contributed by atoms with Gasteiger partial charge in [-0.05, 0) is 36.4 Å². The quantitative estimate of drug-likeness (QED) is 0.526. The van der Waals surface area contributed by atoms with Crippen LogP contribution in [0.5, 0.6) is 0 Å². The number of amides is 1. The molecule has 0 fully saturated rings. The summed E-state index contributed by atoms with van der Waals surface area (Å²) in [5, 5.41) is 3.65. The van der Waals surface area contributed by atoms with Crippen molar-refractivity contribution in [3.8, 4) is 5.69 Å². The lowest BCUT2D eigenvalue weighted by Crippen LogP contribution is -2.24. The normalized spacial score (nSPS) is 10.9. The average molecular weight is 363 g/mol. The van der Waals surface area contributed by atoms with Crippen LogP contribution in [0.1, 0.15) is 5.76 Å². The molecule has 2 heterocycles. The number of nitrogens with zero attached hydrogens (tertiary/aromatic N) is 2. The molecule has 1 amide bonds. The van der Waals surface area contributed by atoms with Crippen LogP contribution in [0, 0.1) is 0 Å². The first-order chi connectivity index (χ1) is 12.8. The number of furan rings is 1. The summed E-state index contributed by atoms with van der Waals surface area (Å²) in [6.45, 7) is 0.390. The molecule has 1 N–H and O–H groups in total. The predicted octanol–water partition coefficient (Wildman–Crippen LogP) is 4.03. The summed E-state index contributed by atoms with van der Waals surface area (Å²) >= 11 is 1.42. The molecule has 0 aliphatic rings. The van der Waals surface area contributed by atoms with Crippen molar-refractivity contribution >= 4 is 28.7 Å². The fraction of sp³-hybridized carbons (Fsp3) is 0.100. The maximum atomic E-state index is 12.2. The highest BCUT2D eigenvalue weighted by Crippen LogP contribution is 2.27. The number of hydrogen-bond donors (Lipinski definition) is 1. The predicted molar refractivity (Wildman–Crippen MR) is 102 cm³/mol. The van der Waals surface area contributed by atoms with Crippen LogP contribution in [-0.2, 0) is 11.3 Å². The molecule has 0 aliphatic heterocycles. The van der Waals surface area contributed by atoms with Gasteiger partial charge in [0.1, 0.15) is 5.76 Å². The number of hydrogen-bond acceptors (Lipinski definition) is 4. The molecule has 2 aromatic heterocycles. The number of imidazole rings is 1. The highest BCUT2D eigenvalue weighted by atomic mass is 32.2. The first kappa shape index (κ1) is 16.5. The Kier molecular flexibility index (Phi) is 4.75. The molecule has 0 saturated heterocycles. The molecular weight excluding hydrogens is 346 g/mol. The van der Waals surface area contributed by atoms with Crippen molar-refractivity contribution in [1.29, 1.82) is 0 Å². The Balaban J connectivity index is 1.53. The van der Waals surface area contributed by atoms with Gasteiger partial charge in [0.05, 0.1) is 29.6 Å². The second-order valence-corrected chi connectivity index (χ2v) is 6.64. The molecule has 0 unspecified atom stereocenters. The van der Waals surface area contributed by atoms with E-state index >= 15 is 0 Å². The third kappa shape index (κ3) is 3.50. The molecule has 4 rings (SSSR count). The van der Waals surface area contributed by atoms with E-state index in [1.54, 1.807) is 12.3 Å². The minimum absolute atomic E-state index is 0.0573. The summed E-state index contributed by atoms with van der Waals surface area (Å²) in [6.07, 6.45) is 1.60. The van der Waals surface area contributed by atoms with E-state index in [1.807, 2.05) is 60.7 Å². The molecular formula is C20H17N3O2S. The SMILES string of the molecule is O=C(CSc1nc2ccccc2n1-c1ccccc1)NCc1ccco1. The van der Waals surface area contributed by atoms with Gasteiger partial charge < -0.3 is 9.73 Å². The summed E-state index contributed by atoms with van der Waals surface area (Å²) in [5.41, 5.74) is 2.96. The first-order valence-electron chi connectivity index (χ1n) is 8.26. The number of fused-ring (bicyclic) bond motifs is 1. The van der Waals surface area contributed by atoms with Crippen LogP contribution < -0.4 is 5.32 Å². The third-order valence-corrected chi connectivity index (χ3v) is 4.86. The number of carbonyl (C=O) groups is 1. The van der Waals surface area contributed by atoms with Gasteiger partial charge in [-0.3, -0.25) is 9.36 Å². The molecule has 4 aromatic rings. The van der Waals surface area contributed by atoms with Crippen molar-refractivity contribution in [1.82, 2.24) is 14.9 Å². The Labute approximate surface area is 155 Å². The van der Waals surface area contributed by atoms with Crippen LogP contribution in [0.15, 0.2) is 82.6 Å². The highest BCUT2D eigenvalue weighted by Gasteiger charge is 2.14. The van der Waals surface area contributed by atoms with Crippen LogP contribution >= 0.6 is 11.8 Å². The van der Waals surface area contributed by atoms with Crippen molar-refractivity contribution in [3.05, 3.63) is 78.8 Å². The Bertz CT molecular complexity index is 1010. The molecule has 2 aromatic carbocycles. The zero-order valence-electron chi connectivity index (χ0n) is 14.0. The maximum absolute atomic E-state index is 12.2. The molecule has 130 valence electrons. The molecule has 6 heteroatoms. The van der Waals surface area contributed by atoms with Crippen LogP contribution in [0.3, 0.4) is 0 Å². The van der Waals surface area contributed by atoms with E-state index in [4.69, 9.17) is 9.40 Å². The van der Waals surface area contributed by atoms with Crippen molar-refractivity contribution in [2.45, 2.75) is 11.7 Å². The Morgan fingerprint density at radius 2 is 1.85 bits per heavy atom. The lowest BCUT2D eigenvalue weighted by molar-refractivity contribution is -0.118. The fourth-order valence-corrected chi connectivity index (χ4v) is 3.57. The van der Waals surface area contributed by atoms with Crippen molar-refractivity contribution in [3.63, 3.8) is 0 Å². The topological polar surface area (TPSA) is 60.1 Å². The molecule has 0 radical (unpaired) electrons. The first-order valence-corrected chi connectivity index (χ1v) is 9.24. The zero-order valence-corrected chi connectivity index (χ0v) is 14.8. The third-order valence-electron chi connectivity index (χ3n) is 3.92. The summed E-state index contributed by atoms with van der Waals surface area (Å²) in [7, 11) is 0. The van der Waals surface area contributed by atoms with Gasteiger partial charge >= 0.3 is 0 Å². The summed E-state index contributed by atoms with van der Waals surface area (Å²) in [6, 6.07) is 21.7. The number of benzene rings is 2. The van der Waals surface area contributed by atoms with Crippen molar-refractivity contribution < 1.29 is 9.21 Å². The van der Waals surface area contributed by atoms with E-state index in [2.05, 4.69) is 9.88 Å². The molecule has 0 bridgehead atoms. The van der Waals surface area contributed by atoms with Crippen molar-refractivity contribution in [2.75, 3.05) is 5.75 Å². The van der Waals surface area contributed by atoms with E-state index in [1.165, 1.54) is 11.8 Å². The second-order valence-electron chi connectivity index (χ2n) is 5.70. The smallest absolute Gasteiger partial charge is 0.230 e. The number of nitrogens with one attached hydrogen (secondary N) is 1. The maximum Gasteiger partial charge on any atom is 0.230 e. The van der Waals surface area contributed by atoms with Gasteiger partial charge in [-0.15, -0.1) is 0 Å². The van der Waals surface area contributed by atoms with Crippen LogP contribution in [-0.4, -0.2) is 21.2 Å². The highest BCUT2D eigenvalue weighted by molar-refractivity contribution is 7.99. The monoisotopic (exact) mass is 363 g/mol. The molecule has 26 heavy (non-hydrogen) atoms. The van der Waals surface area contributed by atoms with Gasteiger partial charge in [0.25, 0.3) is 0 Å². The largest absolute Gasteiger partial charge is 0.467 e. The summed E-state index contributed by atoms with van der Waals surface area (Å²) in [4.78, 5) is 16.9. The lowest BCUT2D eigenvalue weighted by Gasteiger charge is -2.09. The minimum Gasteiger partial charge on any atom is -0.467 e. The zero-order chi connectivity index (χ0) is 17.8. The summed E-state index contributed by atoms with van der Waals surface area (Å²) < 4.78 is 7.31. The minimum atomic E-state index is -0.0573. The van der Waals surface area contributed by atoms with Gasteiger partial charge in [-0.25, -0.2) is 4.98 Å². The fourth-order valence-electron chi connectivity index (χ4n) is 2.71. The van der Waals surface area contributed by atoms with Crippen molar-refractivity contribution in [2.24, 2.45) is 0 Å². The van der Waals surface area contributed by atoms with Crippen LogP contribution in [0.25, 0.3) is 16.7 Å². The number of carbonyl (C=O) groups excluding carboxylic acids is 1. The van der Waals surface area contributed by atoms with Gasteiger partial charge in [-0.2, -0.15) is 0 Å². The van der Waals surface area contributed by atoms with E-state index in [0.717, 1.165) is 27.6 Å². The Morgan fingerprint density at radius 1 is 1.04 bits per heavy atom. The number of para-hydroxylation sites is 3. The number of rotatable bonds is 6. The molecule has 5 nitrogen and oxygen atoms in total. The van der Waals surface area contributed by atoms with Gasteiger partial charge in [0.15, 0.2) is 5.16 Å². The molecule has 0 spiro atoms. The van der Waals surface area contributed by atoms with E-state index < -0.39 is 0 Å². The standard InChI is InChI=1S/C20H17N3O2S/c24-19(21-13-16-9-6-12-25-16)14-26-20-22-17-10-4-5-11-18(17)23(20)15-7-2-1-3-8-15/h1-12H,13-14H2,(H,21,24). The Morgan fingerprint density at radius 3 is 2.65 bits per heavy atom. The average Bonchev–Trinajstić information content (AvgIpc) is 3.32. The van der Waals surface area contributed by atoms with E-state index in [-0.39, 0.29) is 11.7 Å². The lowest BCUT2D eigenvalue weighted by atomic mass is 10.3. The van der Waals surface area contributed by atoms with Gasteiger partial charge in [0, 0.05) is 5.69 Å². The molecule has 0 aliphatic carbocycles. The summed E-state index contributed by atoms with van der Waals surface area (Å²) in [5.74, 6) is 0.967. The molecule has 0 atom stereocenters. The van der Waals surface area contributed by atoms with Gasteiger partial charge in [0.2, 0.25) is 5.91 Å². The number of thioether (sulfide) groups is 1.